The molecule has 0 amide bonds. The van der Waals surface area contributed by atoms with Gasteiger partial charge in [0.1, 0.15) is 5.65 Å². The summed E-state index contributed by atoms with van der Waals surface area (Å²) in [5.74, 6) is 0. The van der Waals surface area contributed by atoms with Crippen LogP contribution in [0.15, 0.2) is 49.1 Å². The molecule has 16 heavy (non-hydrogen) atoms. The van der Waals surface area contributed by atoms with Gasteiger partial charge in [-0.15, -0.1) is 0 Å². The van der Waals surface area contributed by atoms with E-state index >= 15 is 0 Å². The van der Waals surface area contributed by atoms with Crippen LogP contribution in [0.5, 0.6) is 0 Å². The highest BCUT2D eigenvalue weighted by Gasteiger charge is 2.03. The van der Waals surface area contributed by atoms with Crippen molar-refractivity contribution in [3.05, 3.63) is 54.1 Å². The number of hydrogen-bond acceptors (Lipinski definition) is 2. The van der Waals surface area contributed by atoms with Crippen LogP contribution < -0.4 is 0 Å². The van der Waals surface area contributed by atoms with Crippen LogP contribution in [-0.4, -0.2) is 14.4 Å². The number of halogens is 1. The molecule has 0 aliphatic carbocycles. The van der Waals surface area contributed by atoms with Gasteiger partial charge >= 0.3 is 0 Å². The van der Waals surface area contributed by atoms with Gasteiger partial charge in [-0.1, -0.05) is 11.6 Å². The first-order valence-corrected chi connectivity index (χ1v) is 5.25. The lowest BCUT2D eigenvalue weighted by molar-refractivity contribution is 1.19. The molecule has 0 atom stereocenters. The average Bonchev–Trinajstić information content (AvgIpc) is 2.73. The molecular weight excluding hydrogens is 222 g/mol. The molecule has 0 radical (unpaired) electrons. The standard InChI is InChI=1S/C12H8ClN3/c13-10-3-6-16-8-11(15-12(16)7-10)9-1-4-14-5-2-9/h1-8H. The topological polar surface area (TPSA) is 30.2 Å². The third-order valence-corrected chi connectivity index (χ3v) is 2.63. The van der Waals surface area contributed by atoms with Crippen LogP contribution in [-0.2, 0) is 0 Å². The van der Waals surface area contributed by atoms with Gasteiger partial charge in [-0.05, 0) is 18.2 Å². The van der Waals surface area contributed by atoms with E-state index in [2.05, 4.69) is 9.97 Å². The summed E-state index contributed by atoms with van der Waals surface area (Å²) < 4.78 is 1.95. The van der Waals surface area contributed by atoms with Gasteiger partial charge in [-0.3, -0.25) is 4.98 Å². The number of fused-ring (bicyclic) bond motifs is 1. The summed E-state index contributed by atoms with van der Waals surface area (Å²) in [6.07, 6.45) is 7.38. The lowest BCUT2D eigenvalue weighted by atomic mass is 10.2. The van der Waals surface area contributed by atoms with Crippen molar-refractivity contribution >= 4 is 17.2 Å². The predicted octanol–water partition coefficient (Wildman–Crippen LogP) is 3.05. The molecule has 3 heterocycles. The molecule has 0 unspecified atom stereocenters. The van der Waals surface area contributed by atoms with Gasteiger partial charge < -0.3 is 4.40 Å². The quantitative estimate of drug-likeness (QED) is 0.642. The SMILES string of the molecule is Clc1ccn2cc(-c3ccncc3)nc2c1. The van der Waals surface area contributed by atoms with E-state index in [4.69, 9.17) is 11.6 Å². The van der Waals surface area contributed by atoms with Crippen molar-refractivity contribution < 1.29 is 0 Å². The second-order valence-corrected chi connectivity index (χ2v) is 3.91. The molecule has 0 saturated heterocycles. The monoisotopic (exact) mass is 229 g/mol. The van der Waals surface area contributed by atoms with Crippen molar-refractivity contribution in [1.29, 1.82) is 0 Å². The van der Waals surface area contributed by atoms with Gasteiger partial charge in [-0.25, -0.2) is 4.98 Å². The maximum absolute atomic E-state index is 5.91. The molecular formula is C12H8ClN3. The molecule has 0 spiro atoms. The molecule has 78 valence electrons. The molecule has 0 N–H and O–H groups in total. The molecule has 3 nitrogen and oxygen atoms in total. The van der Waals surface area contributed by atoms with Crippen LogP contribution >= 0.6 is 11.6 Å². The Bertz CT molecular complexity index is 631. The number of aromatic nitrogens is 3. The maximum Gasteiger partial charge on any atom is 0.138 e. The third kappa shape index (κ3) is 1.55. The van der Waals surface area contributed by atoms with Gasteiger partial charge in [0.05, 0.1) is 5.69 Å². The third-order valence-electron chi connectivity index (χ3n) is 2.40. The molecule has 3 aromatic rings. The van der Waals surface area contributed by atoms with Gasteiger partial charge in [0.2, 0.25) is 0 Å². The molecule has 0 aliphatic heterocycles. The number of nitrogens with zero attached hydrogens (tertiary/aromatic N) is 3. The van der Waals surface area contributed by atoms with E-state index in [0.29, 0.717) is 5.02 Å². The summed E-state index contributed by atoms with van der Waals surface area (Å²) in [6, 6.07) is 7.55. The minimum atomic E-state index is 0.694. The zero-order chi connectivity index (χ0) is 11.0. The Labute approximate surface area is 97.3 Å². The Hall–Kier alpha value is -1.87. The molecule has 4 heteroatoms. The largest absolute Gasteiger partial charge is 0.306 e. The molecule has 0 bridgehead atoms. The Morgan fingerprint density at radius 2 is 1.94 bits per heavy atom. The lowest BCUT2D eigenvalue weighted by Gasteiger charge is -1.91. The molecule has 0 aromatic carbocycles. The number of imidazole rings is 1. The van der Waals surface area contributed by atoms with E-state index < -0.39 is 0 Å². The highest BCUT2D eigenvalue weighted by molar-refractivity contribution is 6.30. The van der Waals surface area contributed by atoms with E-state index in [1.165, 1.54) is 0 Å². The number of pyridine rings is 2. The van der Waals surface area contributed by atoms with Crippen LogP contribution in [0.1, 0.15) is 0 Å². The fourth-order valence-corrected chi connectivity index (χ4v) is 1.77. The van der Waals surface area contributed by atoms with Crippen LogP contribution in [0.25, 0.3) is 16.9 Å². The molecule has 0 aliphatic rings. The van der Waals surface area contributed by atoms with E-state index in [-0.39, 0.29) is 0 Å². The van der Waals surface area contributed by atoms with Gasteiger partial charge in [0.15, 0.2) is 0 Å². The molecule has 0 fully saturated rings. The summed E-state index contributed by atoms with van der Waals surface area (Å²) >= 11 is 5.91. The first kappa shape index (κ1) is 9.36. The van der Waals surface area contributed by atoms with E-state index in [1.54, 1.807) is 12.4 Å². The second kappa shape index (κ2) is 3.61. The van der Waals surface area contributed by atoms with Crippen molar-refractivity contribution in [3.8, 4) is 11.3 Å². The lowest BCUT2D eigenvalue weighted by Crippen LogP contribution is -1.79. The fraction of sp³-hybridized carbons (Fsp3) is 0. The molecule has 3 rings (SSSR count). The van der Waals surface area contributed by atoms with Crippen LogP contribution in [0, 0.1) is 0 Å². The van der Waals surface area contributed by atoms with Crippen LogP contribution in [0.4, 0.5) is 0 Å². The summed E-state index contributed by atoms with van der Waals surface area (Å²) in [6.45, 7) is 0. The normalized spacial score (nSPS) is 10.8. The summed E-state index contributed by atoms with van der Waals surface area (Å²) in [7, 11) is 0. The van der Waals surface area contributed by atoms with Crippen LogP contribution in [0.3, 0.4) is 0 Å². The van der Waals surface area contributed by atoms with Crippen molar-refractivity contribution in [2.75, 3.05) is 0 Å². The van der Waals surface area contributed by atoms with Gasteiger partial charge in [0.25, 0.3) is 0 Å². The smallest absolute Gasteiger partial charge is 0.138 e. The predicted molar refractivity (Wildman–Crippen MR) is 63.4 cm³/mol. The van der Waals surface area contributed by atoms with Gasteiger partial charge in [0, 0.05) is 41.4 Å². The first-order valence-electron chi connectivity index (χ1n) is 4.87. The van der Waals surface area contributed by atoms with Gasteiger partial charge in [-0.2, -0.15) is 0 Å². The van der Waals surface area contributed by atoms with E-state index in [0.717, 1.165) is 16.9 Å². The Morgan fingerprint density at radius 3 is 2.75 bits per heavy atom. The maximum atomic E-state index is 5.91. The Kier molecular flexibility index (Phi) is 2.11. The summed E-state index contributed by atoms with van der Waals surface area (Å²) in [5.41, 5.74) is 2.82. The molecule has 3 aromatic heterocycles. The molecule has 0 saturated carbocycles. The highest BCUT2D eigenvalue weighted by Crippen LogP contribution is 2.19. The zero-order valence-electron chi connectivity index (χ0n) is 8.34. The van der Waals surface area contributed by atoms with Crippen molar-refractivity contribution in [1.82, 2.24) is 14.4 Å². The Balaban J connectivity index is 2.19. The number of rotatable bonds is 1. The summed E-state index contributed by atoms with van der Waals surface area (Å²) in [5, 5.41) is 0.694. The zero-order valence-corrected chi connectivity index (χ0v) is 9.09. The van der Waals surface area contributed by atoms with Crippen molar-refractivity contribution in [2.24, 2.45) is 0 Å². The second-order valence-electron chi connectivity index (χ2n) is 3.47. The average molecular weight is 230 g/mol. The van der Waals surface area contributed by atoms with Crippen molar-refractivity contribution in [3.63, 3.8) is 0 Å². The first-order chi connectivity index (χ1) is 7.83. The van der Waals surface area contributed by atoms with Crippen LogP contribution in [0.2, 0.25) is 5.02 Å². The van der Waals surface area contributed by atoms with E-state index in [9.17, 15) is 0 Å². The Morgan fingerprint density at radius 1 is 1.12 bits per heavy atom. The highest BCUT2D eigenvalue weighted by atomic mass is 35.5. The minimum Gasteiger partial charge on any atom is -0.306 e. The minimum absolute atomic E-state index is 0.694. The van der Waals surface area contributed by atoms with E-state index in [1.807, 2.05) is 41.1 Å². The number of hydrogen-bond donors (Lipinski definition) is 0. The van der Waals surface area contributed by atoms with Crippen molar-refractivity contribution in [2.45, 2.75) is 0 Å². The summed E-state index contributed by atoms with van der Waals surface area (Å²) in [4.78, 5) is 8.48. The fourth-order valence-electron chi connectivity index (χ4n) is 1.62.